The SMILES string of the molecule is O=C(COc1ccc(Cl)cc1Cl)NN=Cc1cccc(OC(=O)c2ccc(Cl)cc2)c1. The van der Waals surface area contributed by atoms with Crippen molar-refractivity contribution in [1.82, 2.24) is 5.43 Å². The molecule has 0 unspecified atom stereocenters. The number of nitrogens with zero attached hydrogens (tertiary/aromatic N) is 1. The second-order valence-electron chi connectivity index (χ2n) is 6.13. The van der Waals surface area contributed by atoms with Gasteiger partial charge in [0.1, 0.15) is 11.5 Å². The van der Waals surface area contributed by atoms with Crippen LogP contribution in [0, 0.1) is 0 Å². The van der Waals surface area contributed by atoms with E-state index in [0.717, 1.165) is 0 Å². The maximum atomic E-state index is 12.2. The number of rotatable bonds is 7. The Morgan fingerprint density at radius 2 is 1.68 bits per heavy atom. The lowest BCUT2D eigenvalue weighted by atomic mass is 10.2. The first-order chi connectivity index (χ1) is 14.9. The van der Waals surface area contributed by atoms with E-state index in [1.165, 1.54) is 12.3 Å². The van der Waals surface area contributed by atoms with Gasteiger partial charge in [0.2, 0.25) is 0 Å². The average Bonchev–Trinajstić information content (AvgIpc) is 2.74. The highest BCUT2D eigenvalue weighted by atomic mass is 35.5. The molecular formula is C22H15Cl3N2O4. The number of hydrogen-bond donors (Lipinski definition) is 1. The minimum atomic E-state index is -0.517. The van der Waals surface area contributed by atoms with Crippen LogP contribution < -0.4 is 14.9 Å². The highest BCUT2D eigenvalue weighted by Crippen LogP contribution is 2.27. The predicted molar refractivity (Wildman–Crippen MR) is 121 cm³/mol. The minimum absolute atomic E-state index is 0.280. The van der Waals surface area contributed by atoms with Gasteiger partial charge in [0.05, 0.1) is 16.8 Å². The van der Waals surface area contributed by atoms with Crippen molar-refractivity contribution in [2.45, 2.75) is 0 Å². The van der Waals surface area contributed by atoms with Crippen molar-refractivity contribution in [2.75, 3.05) is 6.61 Å². The van der Waals surface area contributed by atoms with Crippen molar-refractivity contribution in [1.29, 1.82) is 0 Å². The molecule has 3 aromatic rings. The molecule has 0 heterocycles. The summed E-state index contributed by atoms with van der Waals surface area (Å²) in [6.45, 7) is -0.280. The lowest BCUT2D eigenvalue weighted by Gasteiger charge is -2.07. The monoisotopic (exact) mass is 476 g/mol. The van der Waals surface area contributed by atoms with Crippen LogP contribution in [0.2, 0.25) is 15.1 Å². The Labute approximate surface area is 193 Å². The molecule has 9 heteroatoms. The fraction of sp³-hybridized carbons (Fsp3) is 0.0455. The quantitative estimate of drug-likeness (QED) is 0.214. The summed E-state index contributed by atoms with van der Waals surface area (Å²) in [5.74, 6) is -0.332. The van der Waals surface area contributed by atoms with Crippen LogP contribution in [-0.2, 0) is 4.79 Å². The van der Waals surface area contributed by atoms with Gasteiger partial charge < -0.3 is 9.47 Å². The molecule has 1 amide bonds. The first-order valence-corrected chi connectivity index (χ1v) is 10.0. The Kier molecular flexibility index (Phi) is 7.89. The molecule has 0 bridgehead atoms. The molecule has 0 atom stereocenters. The number of carbonyl (C=O) groups is 2. The summed E-state index contributed by atoms with van der Waals surface area (Å²) in [4.78, 5) is 24.1. The largest absolute Gasteiger partial charge is 0.482 e. The van der Waals surface area contributed by atoms with E-state index in [2.05, 4.69) is 10.5 Å². The van der Waals surface area contributed by atoms with Crippen LogP contribution in [0.15, 0.2) is 71.8 Å². The number of halogens is 3. The minimum Gasteiger partial charge on any atom is -0.482 e. The summed E-state index contributed by atoms with van der Waals surface area (Å²) in [6, 6.07) is 17.7. The molecule has 0 fully saturated rings. The van der Waals surface area contributed by atoms with E-state index in [-0.39, 0.29) is 6.61 Å². The standard InChI is InChI=1S/C22H15Cl3N2O4/c23-16-6-4-15(5-7-16)22(29)31-18-3-1-2-14(10-18)12-26-27-21(28)13-30-20-9-8-17(24)11-19(20)25/h1-12H,13H2,(H,27,28). The number of nitrogens with one attached hydrogen (secondary N) is 1. The topological polar surface area (TPSA) is 77.0 Å². The molecule has 1 N–H and O–H groups in total. The van der Waals surface area contributed by atoms with Gasteiger partial charge in [-0.3, -0.25) is 4.79 Å². The normalized spacial score (nSPS) is 10.7. The Hall–Kier alpha value is -3.06. The molecule has 3 rings (SSSR count). The van der Waals surface area contributed by atoms with Crippen LogP contribution >= 0.6 is 34.8 Å². The summed E-state index contributed by atoms with van der Waals surface area (Å²) >= 11 is 17.6. The van der Waals surface area contributed by atoms with Crippen molar-refractivity contribution >= 4 is 52.9 Å². The summed E-state index contributed by atoms with van der Waals surface area (Å²) in [5.41, 5.74) is 3.33. The maximum Gasteiger partial charge on any atom is 0.343 e. The molecule has 158 valence electrons. The molecule has 0 aliphatic carbocycles. The number of amides is 1. The van der Waals surface area contributed by atoms with E-state index in [0.29, 0.717) is 37.7 Å². The van der Waals surface area contributed by atoms with Gasteiger partial charge >= 0.3 is 5.97 Å². The first kappa shape index (κ1) is 22.6. The fourth-order valence-electron chi connectivity index (χ4n) is 2.36. The van der Waals surface area contributed by atoms with E-state index >= 15 is 0 Å². The Morgan fingerprint density at radius 3 is 2.42 bits per heavy atom. The fourth-order valence-corrected chi connectivity index (χ4v) is 2.95. The number of benzene rings is 3. The van der Waals surface area contributed by atoms with Crippen molar-refractivity contribution in [3.05, 3.63) is 92.9 Å². The molecular weight excluding hydrogens is 463 g/mol. The van der Waals surface area contributed by atoms with E-state index in [1.807, 2.05) is 0 Å². The number of esters is 1. The molecule has 3 aromatic carbocycles. The Morgan fingerprint density at radius 1 is 0.935 bits per heavy atom. The van der Waals surface area contributed by atoms with Crippen LogP contribution in [0.25, 0.3) is 0 Å². The summed E-state index contributed by atoms with van der Waals surface area (Å²) in [7, 11) is 0. The van der Waals surface area contributed by atoms with Gasteiger partial charge in [-0.25, -0.2) is 10.2 Å². The van der Waals surface area contributed by atoms with E-state index < -0.39 is 11.9 Å². The van der Waals surface area contributed by atoms with Crippen molar-refractivity contribution in [3.63, 3.8) is 0 Å². The zero-order valence-corrected chi connectivity index (χ0v) is 18.1. The lowest BCUT2D eigenvalue weighted by molar-refractivity contribution is -0.123. The molecule has 31 heavy (non-hydrogen) atoms. The highest BCUT2D eigenvalue weighted by Gasteiger charge is 2.09. The number of ether oxygens (including phenoxy) is 2. The third-order valence-corrected chi connectivity index (χ3v) is 4.59. The van der Waals surface area contributed by atoms with Crippen LogP contribution in [0.3, 0.4) is 0 Å². The molecule has 0 aliphatic heterocycles. The predicted octanol–water partition coefficient (Wildman–Crippen LogP) is 5.40. The average molecular weight is 478 g/mol. The maximum absolute atomic E-state index is 12.2. The van der Waals surface area contributed by atoms with Gasteiger partial charge in [-0.15, -0.1) is 0 Å². The van der Waals surface area contributed by atoms with Crippen LogP contribution in [0.4, 0.5) is 0 Å². The van der Waals surface area contributed by atoms with Crippen LogP contribution in [0.1, 0.15) is 15.9 Å². The number of carbonyl (C=O) groups excluding carboxylic acids is 2. The third kappa shape index (κ3) is 7.00. The van der Waals surface area contributed by atoms with Crippen LogP contribution in [-0.4, -0.2) is 24.7 Å². The first-order valence-electron chi connectivity index (χ1n) is 8.88. The van der Waals surface area contributed by atoms with E-state index in [1.54, 1.807) is 60.7 Å². The molecule has 0 aromatic heterocycles. The molecule has 0 saturated heterocycles. The number of hydrazone groups is 1. The van der Waals surface area contributed by atoms with E-state index in [9.17, 15) is 9.59 Å². The summed E-state index contributed by atoms with van der Waals surface area (Å²) in [6.07, 6.45) is 1.41. The van der Waals surface area contributed by atoms with Gasteiger partial charge in [0.25, 0.3) is 5.91 Å². The van der Waals surface area contributed by atoms with E-state index in [4.69, 9.17) is 44.3 Å². The van der Waals surface area contributed by atoms with Gasteiger partial charge in [0, 0.05) is 10.0 Å². The van der Waals surface area contributed by atoms with Crippen molar-refractivity contribution in [2.24, 2.45) is 5.10 Å². The summed E-state index contributed by atoms with van der Waals surface area (Å²) < 4.78 is 10.7. The molecule has 0 radical (unpaired) electrons. The highest BCUT2D eigenvalue weighted by molar-refractivity contribution is 6.35. The molecule has 0 spiro atoms. The molecule has 0 aliphatic rings. The zero-order valence-electron chi connectivity index (χ0n) is 15.8. The van der Waals surface area contributed by atoms with Crippen molar-refractivity contribution < 1.29 is 19.1 Å². The molecule has 6 nitrogen and oxygen atoms in total. The third-order valence-electron chi connectivity index (χ3n) is 3.80. The zero-order chi connectivity index (χ0) is 22.2. The smallest absolute Gasteiger partial charge is 0.343 e. The van der Waals surface area contributed by atoms with Gasteiger partial charge in [-0.1, -0.05) is 46.9 Å². The number of hydrogen-bond acceptors (Lipinski definition) is 5. The summed E-state index contributed by atoms with van der Waals surface area (Å²) in [5, 5.41) is 5.16. The Bertz CT molecular complexity index is 1120. The Balaban J connectivity index is 1.52. The van der Waals surface area contributed by atoms with Crippen LogP contribution in [0.5, 0.6) is 11.5 Å². The molecule has 0 saturated carbocycles. The second-order valence-corrected chi connectivity index (χ2v) is 7.41. The van der Waals surface area contributed by atoms with Gasteiger partial charge in [-0.05, 0) is 60.2 Å². The van der Waals surface area contributed by atoms with Gasteiger partial charge in [-0.2, -0.15) is 5.10 Å². The van der Waals surface area contributed by atoms with Gasteiger partial charge in [0.15, 0.2) is 6.61 Å². The lowest BCUT2D eigenvalue weighted by Crippen LogP contribution is -2.24. The second kappa shape index (κ2) is 10.8. The van der Waals surface area contributed by atoms with Crippen molar-refractivity contribution in [3.8, 4) is 11.5 Å².